The van der Waals surface area contributed by atoms with Crippen LogP contribution < -0.4 is 11.1 Å². The van der Waals surface area contributed by atoms with E-state index in [1.165, 1.54) is 22.3 Å². The summed E-state index contributed by atoms with van der Waals surface area (Å²) in [5.74, 6) is 0.233. The van der Waals surface area contributed by atoms with Crippen LogP contribution in [0.3, 0.4) is 0 Å². The predicted molar refractivity (Wildman–Crippen MR) is 85.7 cm³/mol. The lowest BCUT2D eigenvalue weighted by atomic mass is 10.1. The van der Waals surface area contributed by atoms with Crippen LogP contribution in [0.4, 0.5) is 5.69 Å². The van der Waals surface area contributed by atoms with Crippen LogP contribution in [0.2, 0.25) is 0 Å². The van der Waals surface area contributed by atoms with Crippen molar-refractivity contribution in [1.82, 2.24) is 0 Å². The minimum absolute atomic E-state index is 0.0135. The first-order valence-corrected chi connectivity index (χ1v) is 7.11. The number of oxime groups is 1. The molecule has 3 rings (SSSR count). The Balaban J connectivity index is 1.75. The molecule has 0 heterocycles. The Morgan fingerprint density at radius 3 is 2.81 bits per heavy atom. The van der Waals surface area contributed by atoms with Crippen molar-refractivity contribution in [2.45, 2.75) is 13.3 Å². The Bertz CT molecular complexity index is 694. The molecule has 0 radical (unpaired) electrons. The predicted octanol–water partition coefficient (Wildman–Crippen LogP) is 3.05. The number of anilines is 1. The van der Waals surface area contributed by atoms with E-state index in [1.807, 2.05) is 6.92 Å². The van der Waals surface area contributed by atoms with Gasteiger partial charge in [-0.2, -0.15) is 0 Å². The van der Waals surface area contributed by atoms with E-state index in [0.29, 0.717) is 6.54 Å². The summed E-state index contributed by atoms with van der Waals surface area (Å²) in [5.41, 5.74) is 12.0. The van der Waals surface area contributed by atoms with Gasteiger partial charge in [-0.15, -0.1) is 0 Å². The van der Waals surface area contributed by atoms with Crippen LogP contribution in [-0.2, 0) is 6.42 Å². The van der Waals surface area contributed by atoms with Crippen LogP contribution >= 0.6 is 0 Å². The highest BCUT2D eigenvalue weighted by atomic mass is 16.4. The van der Waals surface area contributed by atoms with Crippen molar-refractivity contribution < 1.29 is 5.21 Å². The minimum Gasteiger partial charge on any atom is -0.409 e. The zero-order valence-electron chi connectivity index (χ0n) is 12.0. The molecule has 0 aromatic heterocycles. The molecule has 1 aliphatic rings. The quantitative estimate of drug-likeness (QED) is 0.298. The van der Waals surface area contributed by atoms with E-state index in [4.69, 9.17) is 10.9 Å². The highest BCUT2D eigenvalue weighted by Gasteiger charge is 2.17. The number of hydrogen-bond acceptors (Lipinski definition) is 3. The molecule has 0 spiro atoms. The molecule has 108 valence electrons. The Morgan fingerprint density at radius 2 is 2.00 bits per heavy atom. The third-order valence-electron chi connectivity index (χ3n) is 4.03. The molecule has 0 saturated heterocycles. The summed E-state index contributed by atoms with van der Waals surface area (Å²) in [6.45, 7) is 2.56. The van der Waals surface area contributed by atoms with Gasteiger partial charge in [0.25, 0.3) is 0 Å². The zero-order chi connectivity index (χ0) is 14.8. The number of amidine groups is 1. The summed E-state index contributed by atoms with van der Waals surface area (Å²) in [7, 11) is 0. The van der Waals surface area contributed by atoms with Crippen molar-refractivity contribution in [3.05, 3.63) is 53.6 Å². The normalized spacial score (nSPS) is 14.4. The van der Waals surface area contributed by atoms with Gasteiger partial charge in [-0.05, 0) is 40.8 Å². The second kappa shape index (κ2) is 5.48. The summed E-state index contributed by atoms with van der Waals surface area (Å²) >= 11 is 0. The lowest BCUT2D eigenvalue weighted by Crippen LogP contribution is -2.27. The molecular weight excluding hydrogens is 262 g/mol. The first-order valence-electron chi connectivity index (χ1n) is 7.11. The first kappa shape index (κ1) is 13.5. The van der Waals surface area contributed by atoms with Crippen LogP contribution in [0, 0.1) is 5.92 Å². The topological polar surface area (TPSA) is 70.6 Å². The molecule has 0 fully saturated rings. The maximum Gasteiger partial charge on any atom is 0.143 e. The van der Waals surface area contributed by atoms with Gasteiger partial charge in [0.2, 0.25) is 0 Å². The van der Waals surface area contributed by atoms with Gasteiger partial charge in [-0.1, -0.05) is 42.4 Å². The van der Waals surface area contributed by atoms with Crippen molar-refractivity contribution in [2.75, 3.05) is 11.9 Å². The Kier molecular flexibility index (Phi) is 3.52. The lowest BCUT2D eigenvalue weighted by molar-refractivity contribution is 0.315. The second-order valence-electron chi connectivity index (χ2n) is 5.51. The average Bonchev–Trinajstić information content (AvgIpc) is 2.89. The summed E-state index contributed by atoms with van der Waals surface area (Å²) in [5, 5.41) is 15.0. The van der Waals surface area contributed by atoms with Crippen molar-refractivity contribution in [3.8, 4) is 11.1 Å². The SMILES string of the molecule is CC(CNc1ccc2c(c1)Cc1ccccc1-2)C(N)=NO. The monoisotopic (exact) mass is 281 g/mol. The Labute approximate surface area is 124 Å². The molecule has 21 heavy (non-hydrogen) atoms. The average molecular weight is 281 g/mol. The number of fused-ring (bicyclic) bond motifs is 3. The van der Waals surface area contributed by atoms with Gasteiger partial charge >= 0.3 is 0 Å². The molecule has 2 aromatic rings. The van der Waals surface area contributed by atoms with E-state index >= 15 is 0 Å². The van der Waals surface area contributed by atoms with E-state index < -0.39 is 0 Å². The van der Waals surface area contributed by atoms with Gasteiger partial charge in [-0.25, -0.2) is 0 Å². The summed E-state index contributed by atoms with van der Waals surface area (Å²) in [6.07, 6.45) is 0.983. The molecule has 4 N–H and O–H groups in total. The van der Waals surface area contributed by atoms with Gasteiger partial charge < -0.3 is 16.3 Å². The third kappa shape index (κ3) is 2.57. The molecule has 2 aromatic carbocycles. The van der Waals surface area contributed by atoms with Crippen molar-refractivity contribution >= 4 is 11.5 Å². The number of hydrogen-bond donors (Lipinski definition) is 3. The summed E-state index contributed by atoms with van der Waals surface area (Å²) in [6, 6.07) is 15.0. The number of rotatable bonds is 4. The third-order valence-corrected chi connectivity index (χ3v) is 4.03. The van der Waals surface area contributed by atoms with Crippen LogP contribution in [-0.4, -0.2) is 17.6 Å². The van der Waals surface area contributed by atoms with E-state index in [-0.39, 0.29) is 11.8 Å². The molecule has 0 aliphatic heterocycles. The van der Waals surface area contributed by atoms with Gasteiger partial charge in [0.05, 0.1) is 0 Å². The maximum absolute atomic E-state index is 8.66. The number of nitrogens with two attached hydrogens (primary N) is 1. The van der Waals surface area contributed by atoms with E-state index in [0.717, 1.165) is 12.1 Å². The summed E-state index contributed by atoms with van der Waals surface area (Å²) < 4.78 is 0. The smallest absolute Gasteiger partial charge is 0.143 e. The van der Waals surface area contributed by atoms with Crippen LogP contribution in [0.15, 0.2) is 47.6 Å². The van der Waals surface area contributed by atoms with Gasteiger partial charge in [0.15, 0.2) is 0 Å². The molecule has 4 nitrogen and oxygen atoms in total. The first-order chi connectivity index (χ1) is 10.2. The molecule has 1 atom stereocenters. The highest BCUT2D eigenvalue weighted by Crippen LogP contribution is 2.37. The fourth-order valence-corrected chi connectivity index (χ4v) is 2.73. The minimum atomic E-state index is -0.0135. The molecule has 0 bridgehead atoms. The van der Waals surface area contributed by atoms with E-state index in [1.54, 1.807) is 0 Å². The Hall–Kier alpha value is -2.49. The number of nitrogens with zero attached hydrogens (tertiary/aromatic N) is 1. The number of benzene rings is 2. The molecule has 4 heteroatoms. The van der Waals surface area contributed by atoms with Crippen LogP contribution in [0.1, 0.15) is 18.1 Å². The number of nitrogens with one attached hydrogen (secondary N) is 1. The Morgan fingerprint density at radius 1 is 1.24 bits per heavy atom. The largest absolute Gasteiger partial charge is 0.409 e. The lowest BCUT2D eigenvalue weighted by Gasteiger charge is -2.13. The molecule has 1 unspecified atom stereocenters. The van der Waals surface area contributed by atoms with Crippen molar-refractivity contribution in [2.24, 2.45) is 16.8 Å². The molecular formula is C17H19N3O. The standard InChI is InChI=1S/C17H19N3O/c1-11(17(18)20-21)10-19-14-6-7-16-13(9-14)8-12-4-2-3-5-15(12)16/h2-7,9,11,19,21H,8,10H2,1H3,(H2,18,20). The van der Waals surface area contributed by atoms with Crippen LogP contribution in [0.25, 0.3) is 11.1 Å². The zero-order valence-corrected chi connectivity index (χ0v) is 12.0. The van der Waals surface area contributed by atoms with Crippen molar-refractivity contribution in [1.29, 1.82) is 0 Å². The molecule has 1 aliphatic carbocycles. The maximum atomic E-state index is 8.66. The fraction of sp³-hybridized carbons (Fsp3) is 0.235. The van der Waals surface area contributed by atoms with Crippen molar-refractivity contribution in [3.63, 3.8) is 0 Å². The van der Waals surface area contributed by atoms with Crippen LogP contribution in [0.5, 0.6) is 0 Å². The van der Waals surface area contributed by atoms with Gasteiger partial charge in [0.1, 0.15) is 5.84 Å². The molecule has 0 amide bonds. The van der Waals surface area contributed by atoms with E-state index in [2.05, 4.69) is 52.9 Å². The van der Waals surface area contributed by atoms with E-state index in [9.17, 15) is 0 Å². The van der Waals surface area contributed by atoms with Gasteiger partial charge in [0, 0.05) is 18.2 Å². The molecule has 0 saturated carbocycles. The highest BCUT2D eigenvalue weighted by molar-refractivity contribution is 5.82. The second-order valence-corrected chi connectivity index (χ2v) is 5.51. The van der Waals surface area contributed by atoms with Gasteiger partial charge in [-0.3, -0.25) is 0 Å². The fourth-order valence-electron chi connectivity index (χ4n) is 2.73. The summed E-state index contributed by atoms with van der Waals surface area (Å²) in [4.78, 5) is 0.